The molecule has 0 spiro atoms. The number of hydrogen-bond acceptors (Lipinski definition) is 1. The summed E-state index contributed by atoms with van der Waals surface area (Å²) in [7, 11) is 0. The van der Waals surface area contributed by atoms with Crippen molar-refractivity contribution in [2.24, 2.45) is 0 Å². The highest BCUT2D eigenvalue weighted by Crippen LogP contribution is 2.30. The van der Waals surface area contributed by atoms with Crippen LogP contribution in [-0.2, 0) is 0 Å². The van der Waals surface area contributed by atoms with E-state index in [-0.39, 0.29) is 5.75 Å². The zero-order chi connectivity index (χ0) is 14.8. The van der Waals surface area contributed by atoms with E-state index in [0.29, 0.717) is 16.7 Å². The normalized spacial score (nSPS) is 11.2. The number of benzene rings is 2. The number of ether oxygens (including phenoxy) is 1. The van der Waals surface area contributed by atoms with Gasteiger partial charge in [-0.05, 0) is 47.0 Å². The van der Waals surface area contributed by atoms with Crippen molar-refractivity contribution in [3.05, 3.63) is 60.4 Å². The van der Waals surface area contributed by atoms with Crippen LogP contribution in [0, 0.1) is 5.82 Å². The first kappa shape index (κ1) is 14.1. The Balaban J connectivity index is 2.48. The molecule has 0 N–H and O–H groups in total. The van der Waals surface area contributed by atoms with Crippen LogP contribution in [0.4, 0.5) is 17.6 Å². The smallest absolute Gasteiger partial charge is 0.406 e. The van der Waals surface area contributed by atoms with Crippen molar-refractivity contribution in [2.75, 3.05) is 0 Å². The lowest BCUT2D eigenvalue weighted by Gasteiger charge is -2.12. The van der Waals surface area contributed by atoms with Gasteiger partial charge in [-0.2, -0.15) is 0 Å². The zero-order valence-electron chi connectivity index (χ0n) is 10.2. The Bertz CT molecular complexity index is 632. The second kappa shape index (κ2) is 5.36. The van der Waals surface area contributed by atoms with Crippen molar-refractivity contribution in [3.63, 3.8) is 0 Å². The lowest BCUT2D eigenvalue weighted by Crippen LogP contribution is -2.17. The van der Waals surface area contributed by atoms with Gasteiger partial charge in [0.05, 0.1) is 0 Å². The number of halogens is 4. The van der Waals surface area contributed by atoms with Crippen LogP contribution in [0.15, 0.2) is 49.0 Å². The Morgan fingerprint density at radius 1 is 1.00 bits per heavy atom. The van der Waals surface area contributed by atoms with Gasteiger partial charge in [0, 0.05) is 0 Å². The van der Waals surface area contributed by atoms with Gasteiger partial charge in [-0.1, -0.05) is 24.8 Å². The Kier molecular flexibility index (Phi) is 3.79. The predicted molar refractivity (Wildman–Crippen MR) is 68.6 cm³/mol. The number of rotatable bonds is 3. The maximum atomic E-state index is 13.2. The van der Waals surface area contributed by atoms with Crippen molar-refractivity contribution < 1.29 is 22.3 Å². The van der Waals surface area contributed by atoms with E-state index < -0.39 is 12.2 Å². The van der Waals surface area contributed by atoms with Crippen molar-refractivity contribution in [1.29, 1.82) is 0 Å². The van der Waals surface area contributed by atoms with Crippen LogP contribution in [-0.4, -0.2) is 6.36 Å². The van der Waals surface area contributed by atoms with E-state index in [1.807, 2.05) is 0 Å². The molecular formula is C15H10F4O. The molecule has 0 aliphatic carbocycles. The maximum Gasteiger partial charge on any atom is 0.573 e. The third kappa shape index (κ3) is 3.60. The summed E-state index contributed by atoms with van der Waals surface area (Å²) >= 11 is 0. The van der Waals surface area contributed by atoms with E-state index in [2.05, 4.69) is 11.3 Å². The summed E-state index contributed by atoms with van der Waals surface area (Å²) < 4.78 is 53.9. The molecular weight excluding hydrogens is 272 g/mol. The van der Waals surface area contributed by atoms with Crippen molar-refractivity contribution in [3.8, 4) is 16.9 Å². The lowest BCUT2D eigenvalue weighted by atomic mass is 10.0. The third-order valence-electron chi connectivity index (χ3n) is 2.56. The van der Waals surface area contributed by atoms with Crippen molar-refractivity contribution >= 4 is 6.08 Å². The molecule has 0 atom stereocenters. The minimum atomic E-state index is -4.78. The molecule has 0 fully saturated rings. The van der Waals surface area contributed by atoms with Gasteiger partial charge in [-0.3, -0.25) is 0 Å². The van der Waals surface area contributed by atoms with Crippen LogP contribution in [0.25, 0.3) is 17.2 Å². The summed E-state index contributed by atoms with van der Waals surface area (Å²) in [6.07, 6.45) is -3.38. The molecule has 0 saturated carbocycles. The van der Waals surface area contributed by atoms with Gasteiger partial charge in [0.15, 0.2) is 0 Å². The Morgan fingerprint density at radius 3 is 2.35 bits per heavy atom. The first-order valence-electron chi connectivity index (χ1n) is 5.66. The molecule has 0 bridgehead atoms. The van der Waals surface area contributed by atoms with E-state index in [4.69, 9.17) is 0 Å². The van der Waals surface area contributed by atoms with Gasteiger partial charge in [0.1, 0.15) is 11.6 Å². The molecule has 0 unspecified atom stereocenters. The number of hydrogen-bond donors (Lipinski definition) is 0. The fourth-order valence-corrected chi connectivity index (χ4v) is 1.77. The van der Waals surface area contributed by atoms with E-state index >= 15 is 0 Å². The topological polar surface area (TPSA) is 9.23 Å². The van der Waals surface area contributed by atoms with Gasteiger partial charge in [-0.15, -0.1) is 13.2 Å². The molecule has 5 heteroatoms. The molecule has 2 aromatic rings. The molecule has 20 heavy (non-hydrogen) atoms. The van der Waals surface area contributed by atoms with Crippen LogP contribution in [0.5, 0.6) is 5.75 Å². The first-order chi connectivity index (χ1) is 9.37. The van der Waals surface area contributed by atoms with Gasteiger partial charge >= 0.3 is 6.36 Å². The van der Waals surface area contributed by atoms with Crippen LogP contribution in [0.2, 0.25) is 0 Å². The second-order valence-electron chi connectivity index (χ2n) is 4.05. The lowest BCUT2D eigenvalue weighted by molar-refractivity contribution is -0.274. The fourth-order valence-electron chi connectivity index (χ4n) is 1.77. The Hall–Kier alpha value is -2.30. The molecule has 1 nitrogen and oxygen atoms in total. The highest BCUT2D eigenvalue weighted by Gasteiger charge is 2.31. The summed E-state index contributed by atoms with van der Waals surface area (Å²) in [5, 5.41) is 0. The Labute approximate surface area is 113 Å². The quantitative estimate of drug-likeness (QED) is 0.717. The van der Waals surface area contributed by atoms with Gasteiger partial charge < -0.3 is 4.74 Å². The highest BCUT2D eigenvalue weighted by molar-refractivity contribution is 5.69. The molecule has 0 amide bonds. The van der Waals surface area contributed by atoms with Gasteiger partial charge in [0.2, 0.25) is 0 Å². The molecule has 0 aromatic heterocycles. The fraction of sp³-hybridized carbons (Fsp3) is 0.0667. The van der Waals surface area contributed by atoms with E-state index in [9.17, 15) is 17.6 Å². The van der Waals surface area contributed by atoms with E-state index in [0.717, 1.165) is 0 Å². The molecule has 2 aromatic carbocycles. The van der Waals surface area contributed by atoms with E-state index in [1.165, 1.54) is 36.4 Å². The monoisotopic (exact) mass is 282 g/mol. The minimum absolute atomic E-state index is 0.367. The second-order valence-corrected chi connectivity index (χ2v) is 4.05. The summed E-state index contributed by atoms with van der Waals surface area (Å²) in [5.41, 5.74) is 1.33. The van der Waals surface area contributed by atoms with Crippen molar-refractivity contribution in [2.45, 2.75) is 6.36 Å². The molecule has 0 saturated heterocycles. The summed E-state index contributed by atoms with van der Waals surface area (Å²) in [5.74, 6) is -0.834. The molecule has 0 radical (unpaired) electrons. The molecule has 104 valence electrons. The molecule has 0 aliphatic rings. The van der Waals surface area contributed by atoms with Crippen LogP contribution in [0.3, 0.4) is 0 Å². The summed E-state index contributed by atoms with van der Waals surface area (Å²) in [4.78, 5) is 0. The van der Waals surface area contributed by atoms with Gasteiger partial charge in [-0.25, -0.2) is 4.39 Å². The van der Waals surface area contributed by atoms with Crippen LogP contribution >= 0.6 is 0 Å². The summed E-state index contributed by atoms with van der Waals surface area (Å²) in [6, 6.07) is 9.59. The standard InChI is InChI=1S/C15H10F4O/c1-2-10-6-12(11-4-3-5-13(16)8-11)9-14(7-10)20-15(17,18)19/h2-9H,1H2. The third-order valence-corrected chi connectivity index (χ3v) is 2.56. The highest BCUT2D eigenvalue weighted by atomic mass is 19.4. The molecule has 2 rings (SSSR count). The molecule has 0 aliphatic heterocycles. The largest absolute Gasteiger partial charge is 0.573 e. The van der Waals surface area contributed by atoms with Crippen LogP contribution < -0.4 is 4.74 Å². The van der Waals surface area contributed by atoms with Crippen LogP contribution in [0.1, 0.15) is 5.56 Å². The molecule has 0 heterocycles. The van der Waals surface area contributed by atoms with Crippen molar-refractivity contribution in [1.82, 2.24) is 0 Å². The van der Waals surface area contributed by atoms with E-state index in [1.54, 1.807) is 12.1 Å². The Morgan fingerprint density at radius 2 is 1.75 bits per heavy atom. The zero-order valence-corrected chi connectivity index (χ0v) is 10.2. The maximum absolute atomic E-state index is 13.2. The number of alkyl halides is 3. The average molecular weight is 282 g/mol. The average Bonchev–Trinajstić information content (AvgIpc) is 2.36. The summed E-state index contributed by atoms with van der Waals surface area (Å²) in [6.45, 7) is 3.51. The SMILES string of the molecule is C=Cc1cc(OC(F)(F)F)cc(-c2cccc(F)c2)c1. The minimum Gasteiger partial charge on any atom is -0.406 e. The van der Waals surface area contributed by atoms with Gasteiger partial charge in [0.25, 0.3) is 0 Å². The predicted octanol–water partition coefficient (Wildman–Crippen LogP) is 5.03. The first-order valence-corrected chi connectivity index (χ1v) is 5.66.